The molecule has 0 aliphatic heterocycles. The minimum absolute atomic E-state index is 0.399. The highest BCUT2D eigenvalue weighted by Gasteiger charge is 2.12. The molecule has 2 rings (SSSR count). The SMILES string of the molecule is C[C@@H](O)CNc1[nH+]cc(-c2ccccc2)cc1C#N. The maximum atomic E-state index is 9.25. The number of nitrogens with zero attached hydrogens (tertiary/aromatic N) is 1. The highest BCUT2D eigenvalue weighted by Crippen LogP contribution is 2.20. The van der Waals surface area contributed by atoms with E-state index in [-0.39, 0.29) is 0 Å². The van der Waals surface area contributed by atoms with E-state index in [1.165, 1.54) is 0 Å². The second-order valence-corrected chi connectivity index (χ2v) is 4.38. The van der Waals surface area contributed by atoms with Crippen LogP contribution in [-0.2, 0) is 0 Å². The van der Waals surface area contributed by atoms with Gasteiger partial charge in [-0.1, -0.05) is 30.3 Å². The predicted molar refractivity (Wildman–Crippen MR) is 73.3 cm³/mol. The van der Waals surface area contributed by atoms with Crippen LogP contribution in [0.25, 0.3) is 11.1 Å². The van der Waals surface area contributed by atoms with Crippen LogP contribution < -0.4 is 10.3 Å². The van der Waals surface area contributed by atoms with Crippen molar-refractivity contribution in [3.8, 4) is 17.2 Å². The Balaban J connectivity index is 2.29. The zero-order valence-electron chi connectivity index (χ0n) is 10.7. The normalized spacial score (nSPS) is 11.6. The number of nitriles is 1. The lowest BCUT2D eigenvalue weighted by atomic mass is 10.1. The summed E-state index contributed by atoms with van der Waals surface area (Å²) in [4.78, 5) is 3.07. The molecule has 0 spiro atoms. The molecule has 4 heteroatoms. The summed E-state index contributed by atoms with van der Waals surface area (Å²) in [5.74, 6) is 0.628. The maximum Gasteiger partial charge on any atom is 0.290 e. The third-order valence-corrected chi connectivity index (χ3v) is 2.74. The third-order valence-electron chi connectivity index (χ3n) is 2.74. The first-order chi connectivity index (χ1) is 9.20. The van der Waals surface area contributed by atoms with Gasteiger partial charge in [0.1, 0.15) is 18.2 Å². The van der Waals surface area contributed by atoms with E-state index in [2.05, 4.69) is 16.4 Å². The number of rotatable bonds is 4. The molecule has 1 heterocycles. The Bertz CT molecular complexity index is 588. The van der Waals surface area contributed by atoms with E-state index >= 15 is 0 Å². The molecule has 0 saturated heterocycles. The van der Waals surface area contributed by atoms with Crippen molar-refractivity contribution in [3.05, 3.63) is 48.2 Å². The molecule has 0 aliphatic rings. The van der Waals surface area contributed by atoms with Crippen molar-refractivity contribution in [3.63, 3.8) is 0 Å². The van der Waals surface area contributed by atoms with Gasteiger partial charge in [-0.15, -0.1) is 0 Å². The molecule has 0 saturated carbocycles. The molecule has 0 bridgehead atoms. The Morgan fingerprint density at radius 3 is 2.68 bits per heavy atom. The van der Waals surface area contributed by atoms with Gasteiger partial charge in [0.15, 0.2) is 0 Å². The van der Waals surface area contributed by atoms with Crippen molar-refractivity contribution in [1.29, 1.82) is 5.26 Å². The van der Waals surface area contributed by atoms with Gasteiger partial charge in [0.25, 0.3) is 5.82 Å². The predicted octanol–water partition coefficient (Wildman–Crippen LogP) is 1.83. The smallest absolute Gasteiger partial charge is 0.290 e. The summed E-state index contributed by atoms with van der Waals surface area (Å²) in [5, 5.41) is 21.4. The number of nitrogens with one attached hydrogen (secondary N) is 2. The number of hydrogen-bond donors (Lipinski definition) is 2. The second-order valence-electron chi connectivity index (χ2n) is 4.38. The van der Waals surface area contributed by atoms with Gasteiger partial charge in [0.05, 0.1) is 12.3 Å². The monoisotopic (exact) mass is 254 g/mol. The molecule has 1 atom stereocenters. The van der Waals surface area contributed by atoms with Gasteiger partial charge in [-0.25, -0.2) is 4.98 Å². The van der Waals surface area contributed by atoms with Crippen LogP contribution in [0.1, 0.15) is 12.5 Å². The van der Waals surface area contributed by atoms with E-state index in [4.69, 9.17) is 0 Å². The van der Waals surface area contributed by atoms with Gasteiger partial charge >= 0.3 is 0 Å². The summed E-state index contributed by atoms with van der Waals surface area (Å²) in [6.07, 6.45) is 1.38. The van der Waals surface area contributed by atoms with Gasteiger partial charge in [-0.3, -0.25) is 5.32 Å². The fraction of sp³-hybridized carbons (Fsp3) is 0.200. The molecule has 96 valence electrons. The molecule has 1 aromatic carbocycles. The van der Waals surface area contributed by atoms with Gasteiger partial charge in [-0.05, 0) is 18.6 Å². The molecule has 0 radical (unpaired) electrons. The number of pyridine rings is 1. The minimum Gasteiger partial charge on any atom is -0.389 e. The highest BCUT2D eigenvalue weighted by atomic mass is 16.3. The highest BCUT2D eigenvalue weighted by molar-refractivity contribution is 5.65. The molecule has 0 aliphatic carbocycles. The molecule has 0 amide bonds. The summed E-state index contributed by atoms with van der Waals surface area (Å²) in [6.45, 7) is 2.09. The summed E-state index contributed by atoms with van der Waals surface area (Å²) >= 11 is 0. The molecule has 19 heavy (non-hydrogen) atoms. The van der Waals surface area contributed by atoms with Gasteiger partial charge in [0.2, 0.25) is 0 Å². The van der Waals surface area contributed by atoms with Crippen LogP contribution >= 0.6 is 0 Å². The van der Waals surface area contributed by atoms with E-state index in [0.29, 0.717) is 17.9 Å². The Kier molecular flexibility index (Phi) is 4.11. The average molecular weight is 254 g/mol. The number of aromatic nitrogens is 1. The quantitative estimate of drug-likeness (QED) is 0.874. The number of H-pyrrole nitrogens is 1. The largest absolute Gasteiger partial charge is 0.389 e. The maximum absolute atomic E-state index is 9.25. The summed E-state index contributed by atoms with van der Waals surface area (Å²) in [7, 11) is 0. The number of benzene rings is 1. The number of aliphatic hydroxyl groups excluding tert-OH is 1. The zero-order chi connectivity index (χ0) is 13.7. The standard InChI is InChI=1S/C15H15N3O/c1-11(19)9-17-15-13(8-16)7-14(10-18-15)12-5-3-2-4-6-12/h2-7,10-11,19H,9H2,1H3,(H,17,18)/p+1/t11-/m1/s1. The summed E-state index contributed by atoms with van der Waals surface area (Å²) < 4.78 is 0. The van der Waals surface area contributed by atoms with E-state index in [0.717, 1.165) is 11.1 Å². The molecule has 3 N–H and O–H groups in total. The molecular formula is C15H16N3O+. The van der Waals surface area contributed by atoms with E-state index in [1.54, 1.807) is 6.92 Å². The van der Waals surface area contributed by atoms with Crippen LogP contribution in [0.4, 0.5) is 5.82 Å². The Morgan fingerprint density at radius 2 is 2.05 bits per heavy atom. The number of aliphatic hydroxyl groups is 1. The fourth-order valence-electron chi connectivity index (χ4n) is 1.78. The Hall–Kier alpha value is -2.38. The minimum atomic E-state index is -0.464. The van der Waals surface area contributed by atoms with Crippen LogP contribution in [0.2, 0.25) is 0 Å². The molecule has 2 aromatic rings. The first kappa shape index (κ1) is 13.1. The molecule has 1 aromatic heterocycles. The lowest BCUT2D eigenvalue weighted by Gasteiger charge is -2.05. The number of anilines is 1. The van der Waals surface area contributed by atoms with Crippen molar-refractivity contribution in [1.82, 2.24) is 0 Å². The molecule has 0 fully saturated rings. The van der Waals surface area contributed by atoms with E-state index in [1.807, 2.05) is 42.6 Å². The molecular weight excluding hydrogens is 238 g/mol. The summed E-state index contributed by atoms with van der Waals surface area (Å²) in [5.41, 5.74) is 2.54. The summed E-state index contributed by atoms with van der Waals surface area (Å²) in [6, 6.07) is 13.8. The number of aromatic amines is 1. The zero-order valence-corrected chi connectivity index (χ0v) is 10.7. The van der Waals surface area contributed by atoms with Crippen molar-refractivity contribution >= 4 is 5.82 Å². The van der Waals surface area contributed by atoms with Crippen molar-refractivity contribution in [2.24, 2.45) is 0 Å². The van der Waals surface area contributed by atoms with Crippen molar-refractivity contribution < 1.29 is 10.1 Å². The van der Waals surface area contributed by atoms with Crippen molar-refractivity contribution in [2.45, 2.75) is 13.0 Å². The first-order valence-electron chi connectivity index (χ1n) is 6.14. The molecule has 4 nitrogen and oxygen atoms in total. The van der Waals surface area contributed by atoms with Crippen LogP contribution in [0, 0.1) is 11.3 Å². The lowest BCUT2D eigenvalue weighted by molar-refractivity contribution is -0.360. The first-order valence-corrected chi connectivity index (χ1v) is 6.14. The van der Waals surface area contributed by atoms with Gasteiger partial charge in [-0.2, -0.15) is 5.26 Å². The van der Waals surface area contributed by atoms with Crippen LogP contribution in [0.3, 0.4) is 0 Å². The van der Waals surface area contributed by atoms with Crippen LogP contribution in [0.15, 0.2) is 42.6 Å². The Morgan fingerprint density at radius 1 is 1.32 bits per heavy atom. The second kappa shape index (κ2) is 5.98. The van der Waals surface area contributed by atoms with E-state index < -0.39 is 6.10 Å². The third kappa shape index (κ3) is 3.30. The topological polar surface area (TPSA) is 70.2 Å². The fourth-order valence-corrected chi connectivity index (χ4v) is 1.78. The van der Waals surface area contributed by atoms with E-state index in [9.17, 15) is 10.4 Å². The van der Waals surface area contributed by atoms with Crippen LogP contribution in [-0.4, -0.2) is 17.8 Å². The van der Waals surface area contributed by atoms with Gasteiger partial charge in [0, 0.05) is 5.56 Å². The Labute approximate surface area is 112 Å². The molecule has 0 unspecified atom stereocenters. The average Bonchev–Trinajstić information content (AvgIpc) is 2.45. The van der Waals surface area contributed by atoms with Crippen molar-refractivity contribution in [2.75, 3.05) is 11.9 Å². The van der Waals surface area contributed by atoms with Gasteiger partial charge < -0.3 is 5.11 Å². The number of hydrogen-bond acceptors (Lipinski definition) is 3. The lowest BCUT2D eigenvalue weighted by Crippen LogP contribution is -2.22. The van der Waals surface area contributed by atoms with Crippen LogP contribution in [0.5, 0.6) is 0 Å².